The molecule has 1 saturated carbocycles. The minimum absolute atomic E-state index is 0.328. The lowest BCUT2D eigenvalue weighted by Gasteiger charge is -2.47. The van der Waals surface area contributed by atoms with Gasteiger partial charge in [0.15, 0.2) is 6.29 Å². The number of nitrogens with one attached hydrogen (secondary N) is 2. The highest BCUT2D eigenvalue weighted by Gasteiger charge is 2.53. The van der Waals surface area contributed by atoms with Crippen LogP contribution in [-0.4, -0.2) is 88.2 Å². The molecule has 1 aliphatic carbocycles. The van der Waals surface area contributed by atoms with Crippen molar-refractivity contribution < 1.29 is 39.5 Å². The summed E-state index contributed by atoms with van der Waals surface area (Å²) in [6.07, 6.45) is -5.88. The molecule has 2 rings (SSSR count). The summed E-state index contributed by atoms with van der Waals surface area (Å²) in [6.45, 7) is 4.61. The van der Waals surface area contributed by atoms with E-state index in [2.05, 4.69) is 10.6 Å². The maximum absolute atomic E-state index is 12.9. The van der Waals surface area contributed by atoms with Gasteiger partial charge in [-0.1, -0.05) is 33.6 Å². The molecule has 0 spiro atoms. The Morgan fingerprint density at radius 3 is 2.34 bits per heavy atom. The zero-order chi connectivity index (χ0) is 22.0. The van der Waals surface area contributed by atoms with E-state index < -0.39 is 60.3 Å². The summed E-state index contributed by atoms with van der Waals surface area (Å²) < 4.78 is 11.4. The van der Waals surface area contributed by atoms with E-state index in [1.807, 2.05) is 0 Å². The first-order valence-corrected chi connectivity index (χ1v) is 9.98. The molecule has 1 heterocycles. The fourth-order valence-electron chi connectivity index (χ4n) is 3.74. The van der Waals surface area contributed by atoms with Crippen LogP contribution in [0.5, 0.6) is 0 Å². The van der Waals surface area contributed by atoms with E-state index in [0.717, 1.165) is 6.42 Å². The number of carbonyl (C=O) groups is 2. The van der Waals surface area contributed by atoms with Crippen LogP contribution < -0.4 is 10.6 Å². The van der Waals surface area contributed by atoms with Gasteiger partial charge in [-0.3, -0.25) is 9.59 Å². The van der Waals surface area contributed by atoms with Gasteiger partial charge in [0, 0.05) is 12.5 Å². The van der Waals surface area contributed by atoms with Gasteiger partial charge in [0.25, 0.3) is 0 Å². The number of likely N-dealkylation sites (N-methyl/N-ethyl adjacent to an activating group) is 1. The van der Waals surface area contributed by atoms with Crippen molar-refractivity contribution >= 4 is 11.8 Å². The first kappa shape index (κ1) is 24.0. The van der Waals surface area contributed by atoms with Crippen molar-refractivity contribution in [1.29, 1.82) is 0 Å². The van der Waals surface area contributed by atoms with Crippen LogP contribution in [0.4, 0.5) is 0 Å². The molecule has 7 atom stereocenters. The number of rotatable bonds is 5. The molecule has 6 N–H and O–H groups in total. The Balaban J connectivity index is 2.31. The van der Waals surface area contributed by atoms with Gasteiger partial charge in [0.2, 0.25) is 11.8 Å². The molecule has 168 valence electrons. The van der Waals surface area contributed by atoms with Crippen molar-refractivity contribution in [3.8, 4) is 0 Å². The second-order valence-electron chi connectivity index (χ2n) is 8.82. The van der Waals surface area contributed by atoms with Gasteiger partial charge in [0.1, 0.15) is 30.0 Å². The zero-order valence-corrected chi connectivity index (χ0v) is 17.4. The van der Waals surface area contributed by atoms with Crippen LogP contribution in [0, 0.1) is 5.41 Å². The summed E-state index contributed by atoms with van der Waals surface area (Å²) >= 11 is 0. The Morgan fingerprint density at radius 1 is 1.14 bits per heavy atom. The minimum Gasteiger partial charge on any atom is -0.394 e. The highest BCUT2D eigenvalue weighted by molar-refractivity contribution is 5.93. The summed E-state index contributed by atoms with van der Waals surface area (Å²) in [5, 5.41) is 45.1. The van der Waals surface area contributed by atoms with E-state index in [9.17, 15) is 30.0 Å². The number of ether oxygens (including phenoxy) is 2. The summed E-state index contributed by atoms with van der Waals surface area (Å²) in [5.74, 6) is -0.755. The Bertz CT molecular complexity index is 593. The summed E-state index contributed by atoms with van der Waals surface area (Å²) in [7, 11) is 1.47. The van der Waals surface area contributed by atoms with Crippen LogP contribution in [0.3, 0.4) is 0 Å². The molecule has 2 amide bonds. The number of aliphatic hydroxyl groups excluding tert-OH is 4. The van der Waals surface area contributed by atoms with E-state index in [1.54, 1.807) is 20.8 Å². The van der Waals surface area contributed by atoms with E-state index in [0.29, 0.717) is 19.3 Å². The second-order valence-corrected chi connectivity index (χ2v) is 8.82. The molecule has 2 aliphatic rings. The lowest BCUT2D eigenvalue weighted by Crippen LogP contribution is -2.69. The molecule has 1 saturated heterocycles. The largest absolute Gasteiger partial charge is 0.394 e. The van der Waals surface area contributed by atoms with Gasteiger partial charge in [0.05, 0.1) is 12.7 Å². The predicted molar refractivity (Wildman–Crippen MR) is 102 cm³/mol. The van der Waals surface area contributed by atoms with Crippen molar-refractivity contribution in [3.05, 3.63) is 0 Å². The third-order valence-electron chi connectivity index (χ3n) is 5.63. The monoisotopic (exact) mass is 418 g/mol. The standard InChI is InChI=1S/C19H34N2O8/c1-18(2,3)16(26)21-19(17(27)20-4)8-6-5-7-11(19)29-15-14(25)13(24)12(23)10(9-22)28-15/h10-15,22-25H,5-9H2,1-4H3,(H,20,27)(H,21,26)/t10-,11-,12-,13+,14-,15+,19-/m1/s1. The normalized spacial score (nSPS) is 38.3. The molecule has 10 nitrogen and oxygen atoms in total. The highest BCUT2D eigenvalue weighted by atomic mass is 16.7. The van der Waals surface area contributed by atoms with E-state index >= 15 is 0 Å². The number of hydrogen-bond donors (Lipinski definition) is 6. The SMILES string of the molecule is CNC(=O)[C@@]1(NC(=O)C(C)(C)C)CCCC[C@H]1O[C@@H]1O[C@H](CO)[C@@H](O)[C@H](O)[C@H]1O. The first-order valence-electron chi connectivity index (χ1n) is 9.98. The average molecular weight is 418 g/mol. The maximum atomic E-state index is 12.9. The molecular weight excluding hydrogens is 384 g/mol. The topological polar surface area (TPSA) is 158 Å². The van der Waals surface area contributed by atoms with Crippen LogP contribution in [-0.2, 0) is 19.1 Å². The molecule has 2 fully saturated rings. The molecule has 0 bridgehead atoms. The van der Waals surface area contributed by atoms with Crippen molar-refractivity contribution in [3.63, 3.8) is 0 Å². The van der Waals surface area contributed by atoms with Crippen LogP contribution >= 0.6 is 0 Å². The number of aliphatic hydroxyl groups is 4. The van der Waals surface area contributed by atoms with Crippen molar-refractivity contribution in [2.45, 2.75) is 88.8 Å². The number of amides is 2. The van der Waals surface area contributed by atoms with Gasteiger partial charge >= 0.3 is 0 Å². The molecule has 29 heavy (non-hydrogen) atoms. The third kappa shape index (κ3) is 4.89. The molecule has 0 aromatic heterocycles. The van der Waals surface area contributed by atoms with Gasteiger partial charge < -0.3 is 40.5 Å². The summed E-state index contributed by atoms with van der Waals surface area (Å²) in [4.78, 5) is 25.6. The molecule has 0 unspecified atom stereocenters. The summed E-state index contributed by atoms with van der Waals surface area (Å²) in [6, 6.07) is 0. The Labute approximate surface area is 170 Å². The quantitative estimate of drug-likeness (QED) is 0.311. The highest BCUT2D eigenvalue weighted by Crippen LogP contribution is 2.35. The molecule has 0 aromatic rings. The fraction of sp³-hybridized carbons (Fsp3) is 0.895. The predicted octanol–water partition coefficient (Wildman–Crippen LogP) is -1.61. The Hall–Kier alpha value is -1.30. The molecule has 1 aliphatic heterocycles. The molecule has 0 aromatic carbocycles. The van der Waals surface area contributed by atoms with Gasteiger partial charge in [-0.05, 0) is 12.8 Å². The van der Waals surface area contributed by atoms with Gasteiger partial charge in [-0.25, -0.2) is 0 Å². The van der Waals surface area contributed by atoms with Crippen LogP contribution in [0.25, 0.3) is 0 Å². The Morgan fingerprint density at radius 2 is 1.79 bits per heavy atom. The van der Waals surface area contributed by atoms with Crippen molar-refractivity contribution in [1.82, 2.24) is 10.6 Å². The van der Waals surface area contributed by atoms with Gasteiger partial charge in [-0.2, -0.15) is 0 Å². The second kappa shape index (κ2) is 9.23. The maximum Gasteiger partial charge on any atom is 0.248 e. The van der Waals surface area contributed by atoms with Crippen molar-refractivity contribution in [2.24, 2.45) is 5.41 Å². The lowest BCUT2D eigenvalue weighted by molar-refractivity contribution is -0.317. The van der Waals surface area contributed by atoms with E-state index in [1.165, 1.54) is 7.05 Å². The Kier molecular flexibility index (Phi) is 7.63. The average Bonchev–Trinajstić information content (AvgIpc) is 2.68. The van der Waals surface area contributed by atoms with E-state index in [4.69, 9.17) is 9.47 Å². The number of hydrogen-bond acceptors (Lipinski definition) is 8. The molecular formula is C19H34N2O8. The smallest absolute Gasteiger partial charge is 0.248 e. The van der Waals surface area contributed by atoms with E-state index in [-0.39, 0.29) is 5.91 Å². The first-order chi connectivity index (χ1) is 13.5. The minimum atomic E-state index is -1.59. The number of carbonyl (C=O) groups excluding carboxylic acids is 2. The molecule has 0 radical (unpaired) electrons. The van der Waals surface area contributed by atoms with Crippen LogP contribution in [0.1, 0.15) is 46.5 Å². The van der Waals surface area contributed by atoms with Crippen LogP contribution in [0.15, 0.2) is 0 Å². The third-order valence-corrected chi connectivity index (χ3v) is 5.63. The lowest BCUT2D eigenvalue weighted by atomic mass is 9.77. The van der Waals surface area contributed by atoms with Crippen LogP contribution in [0.2, 0.25) is 0 Å². The summed E-state index contributed by atoms with van der Waals surface area (Å²) in [5.41, 5.74) is -2.12. The molecule has 10 heteroatoms. The fourth-order valence-corrected chi connectivity index (χ4v) is 3.74. The zero-order valence-electron chi connectivity index (χ0n) is 17.4. The van der Waals surface area contributed by atoms with Crippen molar-refractivity contribution in [2.75, 3.05) is 13.7 Å². The van der Waals surface area contributed by atoms with Gasteiger partial charge in [-0.15, -0.1) is 0 Å².